The molecule has 7 nitrogen and oxygen atoms in total. The van der Waals surface area contributed by atoms with Crippen LogP contribution in [0.4, 0.5) is 11.5 Å². The first-order valence-corrected chi connectivity index (χ1v) is 10.7. The van der Waals surface area contributed by atoms with Crippen molar-refractivity contribution >= 4 is 39.0 Å². The lowest BCUT2D eigenvalue weighted by molar-refractivity contribution is 0.0788. The summed E-state index contributed by atoms with van der Waals surface area (Å²) in [6.07, 6.45) is 0. The summed E-state index contributed by atoms with van der Waals surface area (Å²) in [7, 11) is 0. The number of fused-ring (bicyclic) bond motifs is 2. The Morgan fingerprint density at radius 2 is 1.83 bits per heavy atom. The zero-order valence-corrected chi connectivity index (χ0v) is 17.7. The van der Waals surface area contributed by atoms with Crippen LogP contribution in [0, 0.1) is 32.6 Å². The zero-order valence-electron chi connectivity index (χ0n) is 16.8. The largest absolute Gasteiger partial charge is 0.397 e. The van der Waals surface area contributed by atoms with Crippen molar-refractivity contribution in [3.63, 3.8) is 0 Å². The van der Waals surface area contributed by atoms with E-state index in [0.29, 0.717) is 22.4 Å². The second-order valence-corrected chi connectivity index (χ2v) is 9.21. The maximum atomic E-state index is 13.2. The van der Waals surface area contributed by atoms with Crippen molar-refractivity contribution in [2.75, 3.05) is 36.8 Å². The van der Waals surface area contributed by atoms with Crippen LogP contribution in [0.15, 0.2) is 18.2 Å². The van der Waals surface area contributed by atoms with Crippen LogP contribution in [-0.2, 0) is 0 Å². The number of pyridine rings is 1. The summed E-state index contributed by atoms with van der Waals surface area (Å²) in [5.74, 6) is 2.01. The van der Waals surface area contributed by atoms with Gasteiger partial charge in [-0.2, -0.15) is 5.10 Å². The molecule has 29 heavy (non-hydrogen) atoms. The lowest BCUT2D eigenvalue weighted by atomic mass is 10.0. The van der Waals surface area contributed by atoms with Gasteiger partial charge in [0.1, 0.15) is 15.5 Å². The highest BCUT2D eigenvalue weighted by Crippen LogP contribution is 2.38. The zero-order chi connectivity index (χ0) is 20.3. The van der Waals surface area contributed by atoms with Gasteiger partial charge >= 0.3 is 0 Å². The summed E-state index contributed by atoms with van der Waals surface area (Å²) in [4.78, 5) is 23.5. The molecule has 0 spiro atoms. The predicted molar refractivity (Wildman–Crippen MR) is 115 cm³/mol. The number of carbonyl (C=O) groups is 1. The Kier molecular flexibility index (Phi) is 4.20. The number of nitrogens with zero attached hydrogens (tertiary/aromatic N) is 5. The fourth-order valence-corrected chi connectivity index (χ4v) is 5.66. The molecule has 2 aliphatic heterocycles. The smallest absolute Gasteiger partial charge is 0.266 e. The highest BCUT2D eigenvalue weighted by molar-refractivity contribution is 7.21. The fourth-order valence-electron chi connectivity index (χ4n) is 4.59. The van der Waals surface area contributed by atoms with E-state index in [2.05, 4.69) is 32.2 Å². The minimum absolute atomic E-state index is 0.0252. The molecule has 3 aromatic rings. The third-order valence-electron chi connectivity index (χ3n) is 6.30. The van der Waals surface area contributed by atoms with Crippen molar-refractivity contribution < 1.29 is 4.79 Å². The summed E-state index contributed by atoms with van der Waals surface area (Å²) < 4.78 is 0. The molecule has 2 N–H and O–H groups in total. The molecule has 3 aromatic heterocycles. The summed E-state index contributed by atoms with van der Waals surface area (Å²) in [5, 5.41) is 9.30. The molecule has 5 rings (SSSR count). The van der Waals surface area contributed by atoms with Gasteiger partial charge in [0.2, 0.25) is 0 Å². The predicted octanol–water partition coefficient (Wildman–Crippen LogP) is 2.80. The topological polar surface area (TPSA) is 88.2 Å². The normalized spacial score (nSPS) is 21.2. The maximum absolute atomic E-state index is 13.2. The molecule has 2 fully saturated rings. The second-order valence-electron chi connectivity index (χ2n) is 8.21. The van der Waals surface area contributed by atoms with Gasteiger partial charge in [0.15, 0.2) is 0 Å². The summed E-state index contributed by atoms with van der Waals surface area (Å²) >= 11 is 1.36. The van der Waals surface area contributed by atoms with Crippen LogP contribution >= 0.6 is 11.3 Å². The van der Waals surface area contributed by atoms with E-state index < -0.39 is 0 Å². The Morgan fingerprint density at radius 3 is 2.52 bits per heavy atom. The Bertz CT molecular complexity index is 1110. The molecule has 2 aliphatic rings. The molecule has 0 aromatic carbocycles. The van der Waals surface area contributed by atoms with Crippen LogP contribution in [-0.4, -0.2) is 52.2 Å². The molecule has 2 unspecified atom stereocenters. The number of amides is 1. The number of hydrogen-bond donors (Lipinski definition) is 1. The van der Waals surface area contributed by atoms with E-state index in [0.717, 1.165) is 59.2 Å². The van der Waals surface area contributed by atoms with Crippen LogP contribution in [0.5, 0.6) is 0 Å². The van der Waals surface area contributed by atoms with Crippen LogP contribution in [0.1, 0.15) is 26.6 Å². The molecule has 0 aliphatic carbocycles. The number of aryl methyl sites for hydroxylation is 3. The Labute approximate surface area is 173 Å². The van der Waals surface area contributed by atoms with Gasteiger partial charge in [-0.15, -0.1) is 16.4 Å². The van der Waals surface area contributed by atoms with Gasteiger partial charge in [-0.1, -0.05) is 6.07 Å². The van der Waals surface area contributed by atoms with E-state index in [-0.39, 0.29) is 5.91 Å². The number of nitrogens with two attached hydrogens (primary N) is 1. The van der Waals surface area contributed by atoms with Crippen molar-refractivity contribution in [3.05, 3.63) is 40.0 Å². The number of likely N-dealkylation sites (tertiary alicyclic amines) is 1. The van der Waals surface area contributed by atoms with Gasteiger partial charge in [-0.25, -0.2) is 4.98 Å². The number of carbonyl (C=O) groups excluding carboxylic acids is 1. The second kappa shape index (κ2) is 6.66. The number of rotatable bonds is 2. The number of nitrogen functional groups attached to an aromatic ring is 1. The van der Waals surface area contributed by atoms with Crippen molar-refractivity contribution in [3.8, 4) is 0 Å². The molecular formula is C21H24N6OS. The summed E-state index contributed by atoms with van der Waals surface area (Å²) in [5.41, 5.74) is 9.82. The molecule has 150 valence electrons. The van der Waals surface area contributed by atoms with Crippen LogP contribution in [0.2, 0.25) is 0 Å². The molecule has 8 heteroatoms. The lowest BCUT2D eigenvalue weighted by Gasteiger charge is -2.22. The van der Waals surface area contributed by atoms with Crippen LogP contribution < -0.4 is 10.6 Å². The summed E-state index contributed by atoms with van der Waals surface area (Å²) in [6, 6.07) is 6.14. The quantitative estimate of drug-likeness (QED) is 0.701. The minimum atomic E-state index is 0.0252. The van der Waals surface area contributed by atoms with Crippen molar-refractivity contribution in [1.82, 2.24) is 20.1 Å². The van der Waals surface area contributed by atoms with E-state index >= 15 is 0 Å². The average Bonchev–Trinajstić information content (AvgIpc) is 3.36. The highest BCUT2D eigenvalue weighted by Gasteiger charge is 2.42. The van der Waals surface area contributed by atoms with Gasteiger partial charge in [0.25, 0.3) is 5.91 Å². The molecular weight excluding hydrogens is 384 g/mol. The molecule has 0 saturated carbocycles. The highest BCUT2D eigenvalue weighted by atomic mass is 32.1. The van der Waals surface area contributed by atoms with E-state index in [1.807, 2.05) is 31.7 Å². The first-order valence-electron chi connectivity index (χ1n) is 9.92. The molecule has 2 atom stereocenters. The van der Waals surface area contributed by atoms with Crippen molar-refractivity contribution in [2.45, 2.75) is 20.8 Å². The number of hydrogen-bond acceptors (Lipinski definition) is 7. The van der Waals surface area contributed by atoms with E-state index in [9.17, 15) is 4.79 Å². The van der Waals surface area contributed by atoms with E-state index in [4.69, 9.17) is 5.73 Å². The fraction of sp³-hybridized carbons (Fsp3) is 0.429. The Morgan fingerprint density at radius 1 is 1.10 bits per heavy atom. The number of aromatic nitrogens is 3. The number of thiophene rings is 1. The SMILES string of the molecule is Cc1cccc(N2CC3CN(C(=O)c4sc5nnc(C)c(C)c5c4N)CC3C2)n1. The standard InChI is InChI=1S/C21H24N6OS/c1-11-5-4-6-16(23-11)26-7-14-9-27(10-15(14)8-26)21(28)19-18(22)17-12(2)13(3)24-25-20(17)29-19/h4-6,14-15H,7-10,22H2,1-3H3. The van der Waals surface area contributed by atoms with Crippen LogP contribution in [0.25, 0.3) is 10.2 Å². The van der Waals surface area contributed by atoms with Crippen molar-refractivity contribution in [2.24, 2.45) is 11.8 Å². The van der Waals surface area contributed by atoms with Crippen molar-refractivity contribution in [1.29, 1.82) is 0 Å². The molecule has 5 heterocycles. The van der Waals surface area contributed by atoms with Gasteiger partial charge in [0, 0.05) is 49.1 Å². The lowest BCUT2D eigenvalue weighted by Crippen LogP contribution is -2.33. The molecule has 0 radical (unpaired) electrons. The maximum Gasteiger partial charge on any atom is 0.266 e. The monoisotopic (exact) mass is 408 g/mol. The molecule has 0 bridgehead atoms. The Balaban J connectivity index is 1.35. The van der Waals surface area contributed by atoms with E-state index in [1.165, 1.54) is 11.3 Å². The Hall–Kier alpha value is -2.74. The van der Waals surface area contributed by atoms with Gasteiger partial charge in [-0.05, 0) is 38.5 Å². The average molecular weight is 409 g/mol. The number of anilines is 2. The third kappa shape index (κ3) is 2.93. The minimum Gasteiger partial charge on any atom is -0.397 e. The van der Waals surface area contributed by atoms with Crippen LogP contribution in [0.3, 0.4) is 0 Å². The van der Waals surface area contributed by atoms with Gasteiger partial charge in [-0.3, -0.25) is 4.79 Å². The molecule has 1 amide bonds. The molecule has 2 saturated heterocycles. The van der Waals surface area contributed by atoms with E-state index in [1.54, 1.807) is 0 Å². The first-order chi connectivity index (χ1) is 13.9. The summed E-state index contributed by atoms with van der Waals surface area (Å²) in [6.45, 7) is 9.33. The third-order valence-corrected chi connectivity index (χ3v) is 7.38. The van der Waals surface area contributed by atoms with Gasteiger partial charge in [0.05, 0.1) is 11.4 Å². The van der Waals surface area contributed by atoms with Gasteiger partial charge < -0.3 is 15.5 Å². The first kappa shape index (κ1) is 18.3.